The maximum Gasteiger partial charge on any atom is 0.283 e. The molecule has 0 aliphatic heterocycles. The molecule has 0 radical (unpaired) electrons. The monoisotopic (exact) mass is 282 g/mol. The number of hydrogen-bond donors (Lipinski definition) is 1. The van der Waals surface area contributed by atoms with Crippen LogP contribution in [0.2, 0.25) is 0 Å². The molecular formula is C11H11BrN2O2. The molecule has 0 heterocycles. The molecule has 0 aliphatic carbocycles. The van der Waals surface area contributed by atoms with E-state index in [4.69, 9.17) is 0 Å². The maximum absolute atomic E-state index is 10.7. The van der Waals surface area contributed by atoms with Gasteiger partial charge in [0.1, 0.15) is 0 Å². The highest BCUT2D eigenvalue weighted by Crippen LogP contribution is 2.27. The summed E-state index contributed by atoms with van der Waals surface area (Å²) in [5, 5.41) is 13.8. The lowest BCUT2D eigenvalue weighted by molar-refractivity contribution is -0.385. The van der Waals surface area contributed by atoms with Crippen LogP contribution in [0.3, 0.4) is 0 Å². The van der Waals surface area contributed by atoms with Crippen molar-refractivity contribution >= 4 is 21.6 Å². The van der Waals surface area contributed by atoms with Gasteiger partial charge in [-0.15, -0.1) is 5.92 Å². The number of nitro groups is 1. The highest BCUT2D eigenvalue weighted by atomic mass is 79.9. The third kappa shape index (κ3) is 3.33. The van der Waals surface area contributed by atoms with Crippen molar-refractivity contribution in [1.29, 1.82) is 0 Å². The van der Waals surface area contributed by atoms with Crippen molar-refractivity contribution in [2.75, 3.05) is 6.54 Å². The summed E-state index contributed by atoms with van der Waals surface area (Å²) >= 11 is 3.23. The van der Waals surface area contributed by atoms with Gasteiger partial charge in [0.2, 0.25) is 0 Å². The van der Waals surface area contributed by atoms with E-state index in [9.17, 15) is 10.1 Å². The van der Waals surface area contributed by atoms with Crippen LogP contribution in [0.25, 0.3) is 0 Å². The first-order valence-electron chi connectivity index (χ1n) is 4.69. The molecule has 0 aliphatic rings. The molecule has 4 nitrogen and oxygen atoms in total. The first kappa shape index (κ1) is 12.7. The number of nitrogens with one attached hydrogen (secondary N) is 1. The van der Waals surface area contributed by atoms with E-state index in [-0.39, 0.29) is 5.69 Å². The number of benzene rings is 1. The van der Waals surface area contributed by atoms with Crippen LogP contribution in [0.5, 0.6) is 0 Å². The van der Waals surface area contributed by atoms with Crippen LogP contribution < -0.4 is 5.32 Å². The van der Waals surface area contributed by atoms with Crippen LogP contribution in [0.15, 0.2) is 22.7 Å². The molecule has 0 saturated carbocycles. The van der Waals surface area contributed by atoms with E-state index < -0.39 is 4.92 Å². The summed E-state index contributed by atoms with van der Waals surface area (Å²) < 4.78 is 0.525. The van der Waals surface area contributed by atoms with Crippen LogP contribution in [-0.4, -0.2) is 11.5 Å². The van der Waals surface area contributed by atoms with E-state index in [1.165, 1.54) is 6.07 Å². The Morgan fingerprint density at radius 1 is 1.56 bits per heavy atom. The van der Waals surface area contributed by atoms with Gasteiger partial charge < -0.3 is 5.32 Å². The summed E-state index contributed by atoms with van der Waals surface area (Å²) in [5.74, 6) is 5.63. The van der Waals surface area contributed by atoms with Crippen LogP contribution in [0, 0.1) is 22.0 Å². The van der Waals surface area contributed by atoms with Gasteiger partial charge in [-0.25, -0.2) is 0 Å². The van der Waals surface area contributed by atoms with Gasteiger partial charge in [-0.3, -0.25) is 10.1 Å². The van der Waals surface area contributed by atoms with E-state index in [0.717, 1.165) is 5.56 Å². The van der Waals surface area contributed by atoms with E-state index in [2.05, 4.69) is 33.1 Å². The lowest BCUT2D eigenvalue weighted by atomic mass is 10.2. The molecule has 84 valence electrons. The average molecular weight is 283 g/mol. The molecule has 0 atom stereocenters. The summed E-state index contributed by atoms with van der Waals surface area (Å²) in [6, 6.07) is 4.98. The fourth-order valence-electron chi connectivity index (χ4n) is 1.19. The Balaban J connectivity index is 2.76. The van der Waals surface area contributed by atoms with Crippen molar-refractivity contribution in [3.05, 3.63) is 38.3 Å². The van der Waals surface area contributed by atoms with Crippen molar-refractivity contribution in [3.63, 3.8) is 0 Å². The molecule has 0 aromatic heterocycles. The molecule has 1 aromatic rings. The molecule has 5 heteroatoms. The van der Waals surface area contributed by atoms with Crippen LogP contribution in [0.1, 0.15) is 12.5 Å². The van der Waals surface area contributed by atoms with Crippen molar-refractivity contribution in [1.82, 2.24) is 5.32 Å². The van der Waals surface area contributed by atoms with Crippen molar-refractivity contribution in [2.24, 2.45) is 0 Å². The standard InChI is InChI=1S/C11H11BrN2O2/c1-2-3-7-13-8-9-5-4-6-10(11(9)12)14(15)16/h4-6,13H,7-8H2,1H3. The summed E-state index contributed by atoms with van der Waals surface area (Å²) in [5.41, 5.74) is 0.938. The lowest BCUT2D eigenvalue weighted by Crippen LogP contribution is -2.13. The van der Waals surface area contributed by atoms with Gasteiger partial charge >= 0.3 is 0 Å². The SMILES string of the molecule is CC#CCNCc1cccc([N+](=O)[O-])c1Br. The van der Waals surface area contributed by atoms with Crippen LogP contribution >= 0.6 is 15.9 Å². The Bertz CT molecular complexity index is 449. The summed E-state index contributed by atoms with van der Waals surface area (Å²) in [6.07, 6.45) is 0. The Hall–Kier alpha value is -1.38. The third-order valence-electron chi connectivity index (χ3n) is 1.96. The Kier molecular flexibility index (Phi) is 4.96. The van der Waals surface area contributed by atoms with Gasteiger partial charge in [0.15, 0.2) is 0 Å². The largest absolute Gasteiger partial charge is 0.302 e. The first-order chi connectivity index (χ1) is 7.66. The molecular weight excluding hydrogens is 272 g/mol. The summed E-state index contributed by atoms with van der Waals surface area (Å²) in [4.78, 5) is 10.3. The second-order valence-electron chi connectivity index (χ2n) is 3.04. The van der Waals surface area contributed by atoms with Gasteiger partial charge in [-0.1, -0.05) is 18.1 Å². The zero-order valence-electron chi connectivity index (χ0n) is 8.79. The summed E-state index contributed by atoms with van der Waals surface area (Å²) in [7, 11) is 0. The normalized spacial score (nSPS) is 9.38. The van der Waals surface area contributed by atoms with E-state index >= 15 is 0 Å². The third-order valence-corrected chi connectivity index (χ3v) is 2.88. The molecule has 0 fully saturated rings. The first-order valence-corrected chi connectivity index (χ1v) is 5.48. The highest BCUT2D eigenvalue weighted by molar-refractivity contribution is 9.10. The van der Waals surface area contributed by atoms with Gasteiger partial charge in [-0.2, -0.15) is 0 Å². The predicted molar refractivity (Wildman–Crippen MR) is 66.0 cm³/mol. The molecule has 0 amide bonds. The maximum atomic E-state index is 10.7. The van der Waals surface area contributed by atoms with Gasteiger partial charge in [0.25, 0.3) is 5.69 Å². The Morgan fingerprint density at radius 2 is 2.31 bits per heavy atom. The topological polar surface area (TPSA) is 55.2 Å². The zero-order valence-corrected chi connectivity index (χ0v) is 10.4. The predicted octanol–water partition coefficient (Wildman–Crippen LogP) is 2.47. The van der Waals surface area contributed by atoms with Gasteiger partial charge in [0.05, 0.1) is 15.9 Å². The number of hydrogen-bond acceptors (Lipinski definition) is 3. The number of nitrogens with zero attached hydrogens (tertiary/aromatic N) is 1. The number of nitro benzene ring substituents is 1. The highest BCUT2D eigenvalue weighted by Gasteiger charge is 2.13. The molecule has 0 bridgehead atoms. The minimum atomic E-state index is -0.403. The van der Waals surface area contributed by atoms with Gasteiger partial charge in [-0.05, 0) is 28.4 Å². The molecule has 0 unspecified atom stereocenters. The fraction of sp³-hybridized carbons (Fsp3) is 0.273. The molecule has 0 saturated heterocycles. The molecule has 1 aromatic carbocycles. The fourth-order valence-corrected chi connectivity index (χ4v) is 1.74. The van der Waals surface area contributed by atoms with E-state index in [0.29, 0.717) is 17.6 Å². The summed E-state index contributed by atoms with van der Waals surface area (Å²) in [6.45, 7) is 2.90. The quantitative estimate of drug-likeness (QED) is 0.400. The zero-order chi connectivity index (χ0) is 12.0. The smallest absolute Gasteiger partial charge is 0.283 e. The molecule has 1 rings (SSSR count). The lowest BCUT2D eigenvalue weighted by Gasteiger charge is -2.04. The van der Waals surface area contributed by atoms with Crippen molar-refractivity contribution in [3.8, 4) is 11.8 Å². The molecule has 1 N–H and O–H groups in total. The second kappa shape index (κ2) is 6.26. The number of halogens is 1. The minimum absolute atomic E-state index is 0.0841. The van der Waals surface area contributed by atoms with Crippen molar-refractivity contribution < 1.29 is 4.92 Å². The van der Waals surface area contributed by atoms with Crippen LogP contribution in [-0.2, 0) is 6.54 Å². The second-order valence-corrected chi connectivity index (χ2v) is 3.83. The van der Waals surface area contributed by atoms with Crippen LogP contribution in [0.4, 0.5) is 5.69 Å². The molecule has 0 spiro atoms. The van der Waals surface area contributed by atoms with Crippen molar-refractivity contribution in [2.45, 2.75) is 13.5 Å². The van der Waals surface area contributed by atoms with E-state index in [1.54, 1.807) is 13.0 Å². The van der Waals surface area contributed by atoms with E-state index in [1.807, 2.05) is 6.07 Å². The Morgan fingerprint density at radius 3 is 2.94 bits per heavy atom. The number of rotatable bonds is 4. The van der Waals surface area contributed by atoms with Gasteiger partial charge in [0, 0.05) is 12.6 Å². The minimum Gasteiger partial charge on any atom is -0.302 e. The Labute approximate surface area is 102 Å². The molecule has 16 heavy (non-hydrogen) atoms. The average Bonchev–Trinajstić information content (AvgIpc) is 2.26.